The van der Waals surface area contributed by atoms with Crippen LogP contribution in [0.1, 0.15) is 32.6 Å². The van der Waals surface area contributed by atoms with Gasteiger partial charge in [0.05, 0.1) is 0 Å². The summed E-state index contributed by atoms with van der Waals surface area (Å²) in [6.45, 7) is 2.17. The van der Waals surface area contributed by atoms with E-state index in [1.807, 2.05) is 4.90 Å². The third kappa shape index (κ3) is 1.98. The lowest BCUT2D eigenvalue weighted by Crippen LogP contribution is -2.42. The van der Waals surface area contributed by atoms with Crippen LogP contribution in [0, 0.1) is 5.92 Å². The largest absolute Gasteiger partial charge is 0.336 e. The number of carbonyl (C=O) groups excluding carboxylic acids is 1. The fourth-order valence-electron chi connectivity index (χ4n) is 1.99. The monoisotopic (exact) mass is 201 g/mol. The minimum absolute atomic E-state index is 0.128. The van der Waals surface area contributed by atoms with Crippen molar-refractivity contribution >= 4 is 17.5 Å². The molecule has 3 heteroatoms. The van der Waals surface area contributed by atoms with Crippen molar-refractivity contribution < 1.29 is 4.79 Å². The highest BCUT2D eigenvalue weighted by Crippen LogP contribution is 2.39. The molecule has 1 atom stereocenters. The second kappa shape index (κ2) is 3.49. The van der Waals surface area contributed by atoms with Crippen LogP contribution in [0.25, 0.3) is 0 Å². The molecule has 2 nitrogen and oxygen atoms in total. The first-order valence-corrected chi connectivity index (χ1v) is 5.64. The summed E-state index contributed by atoms with van der Waals surface area (Å²) in [4.78, 5) is 13.6. The van der Waals surface area contributed by atoms with E-state index in [2.05, 4.69) is 6.92 Å². The lowest BCUT2D eigenvalue weighted by atomic mass is 10.2. The lowest BCUT2D eigenvalue weighted by molar-refractivity contribution is -0.131. The number of hydrogen-bond acceptors (Lipinski definition) is 1. The SMILES string of the molecule is CC(C1CC1)N(C(=O)CCl)C1CC1. The minimum Gasteiger partial charge on any atom is -0.336 e. The third-order valence-corrected chi connectivity index (χ3v) is 3.31. The van der Waals surface area contributed by atoms with Gasteiger partial charge in [0.25, 0.3) is 0 Å². The van der Waals surface area contributed by atoms with Crippen molar-refractivity contribution in [3.63, 3.8) is 0 Å². The Morgan fingerprint density at radius 3 is 2.46 bits per heavy atom. The Labute approximate surface area is 84.2 Å². The van der Waals surface area contributed by atoms with Crippen LogP contribution in [0.15, 0.2) is 0 Å². The van der Waals surface area contributed by atoms with Crippen molar-refractivity contribution in [2.75, 3.05) is 5.88 Å². The van der Waals surface area contributed by atoms with Crippen LogP contribution in [0.4, 0.5) is 0 Å². The van der Waals surface area contributed by atoms with E-state index in [9.17, 15) is 4.79 Å². The first-order valence-electron chi connectivity index (χ1n) is 5.11. The van der Waals surface area contributed by atoms with Crippen LogP contribution in [0.2, 0.25) is 0 Å². The van der Waals surface area contributed by atoms with E-state index in [1.165, 1.54) is 25.7 Å². The van der Waals surface area contributed by atoms with Gasteiger partial charge in [-0.2, -0.15) is 0 Å². The molecule has 0 radical (unpaired) electrons. The highest BCUT2D eigenvalue weighted by molar-refractivity contribution is 6.27. The van der Waals surface area contributed by atoms with Gasteiger partial charge in [-0.25, -0.2) is 0 Å². The molecule has 0 spiro atoms. The van der Waals surface area contributed by atoms with Gasteiger partial charge < -0.3 is 4.90 Å². The van der Waals surface area contributed by atoms with Gasteiger partial charge in [-0.15, -0.1) is 11.6 Å². The standard InChI is InChI=1S/C10H16ClNO/c1-7(8-2-3-8)12(9-4-5-9)10(13)6-11/h7-9H,2-6H2,1H3. The lowest BCUT2D eigenvalue weighted by Gasteiger charge is -2.28. The van der Waals surface area contributed by atoms with Crippen LogP contribution in [0.3, 0.4) is 0 Å². The van der Waals surface area contributed by atoms with Crippen molar-refractivity contribution in [2.24, 2.45) is 5.92 Å². The zero-order chi connectivity index (χ0) is 9.42. The van der Waals surface area contributed by atoms with Gasteiger partial charge in [-0.1, -0.05) is 0 Å². The molecule has 0 aromatic carbocycles. The molecular weight excluding hydrogens is 186 g/mol. The number of amides is 1. The number of halogens is 1. The molecule has 2 saturated carbocycles. The molecule has 1 unspecified atom stereocenters. The van der Waals surface area contributed by atoms with Gasteiger partial charge in [0.1, 0.15) is 5.88 Å². The summed E-state index contributed by atoms with van der Waals surface area (Å²) in [5, 5.41) is 0. The molecule has 0 heterocycles. The third-order valence-electron chi connectivity index (χ3n) is 3.09. The van der Waals surface area contributed by atoms with Gasteiger partial charge in [0.2, 0.25) is 5.91 Å². The number of rotatable bonds is 4. The van der Waals surface area contributed by atoms with Crippen molar-refractivity contribution in [3.05, 3.63) is 0 Å². The van der Waals surface area contributed by atoms with Gasteiger partial charge in [-0.3, -0.25) is 4.79 Å². The summed E-state index contributed by atoms with van der Waals surface area (Å²) >= 11 is 5.60. The number of nitrogens with zero attached hydrogens (tertiary/aromatic N) is 1. The molecule has 1 amide bonds. The van der Waals surface area contributed by atoms with E-state index in [-0.39, 0.29) is 11.8 Å². The smallest absolute Gasteiger partial charge is 0.237 e. The molecule has 0 saturated heterocycles. The van der Waals surface area contributed by atoms with E-state index in [0.717, 1.165) is 5.92 Å². The molecule has 0 bridgehead atoms. The quantitative estimate of drug-likeness (QED) is 0.638. The fraction of sp³-hybridized carbons (Fsp3) is 0.900. The first kappa shape index (κ1) is 9.32. The summed E-state index contributed by atoms with van der Waals surface area (Å²) in [6, 6.07) is 0.945. The van der Waals surface area contributed by atoms with Crippen LogP contribution in [0.5, 0.6) is 0 Å². The Bertz CT molecular complexity index is 211. The van der Waals surface area contributed by atoms with Crippen molar-refractivity contribution in [1.29, 1.82) is 0 Å². The van der Waals surface area contributed by atoms with Crippen molar-refractivity contribution in [3.8, 4) is 0 Å². The van der Waals surface area contributed by atoms with Crippen molar-refractivity contribution in [2.45, 2.75) is 44.7 Å². The van der Waals surface area contributed by atoms with Gasteiger partial charge in [-0.05, 0) is 38.5 Å². The van der Waals surface area contributed by atoms with Gasteiger partial charge in [0, 0.05) is 12.1 Å². The van der Waals surface area contributed by atoms with Crippen LogP contribution in [-0.2, 0) is 4.79 Å². The van der Waals surface area contributed by atoms with Crippen LogP contribution >= 0.6 is 11.6 Å². The molecule has 0 N–H and O–H groups in total. The Morgan fingerprint density at radius 1 is 1.46 bits per heavy atom. The summed E-state index contributed by atoms with van der Waals surface area (Å²) in [7, 11) is 0. The fourth-order valence-corrected chi connectivity index (χ4v) is 2.13. The predicted octanol–water partition coefficient (Wildman–Crippen LogP) is 2.01. The summed E-state index contributed by atoms with van der Waals surface area (Å²) in [6.07, 6.45) is 4.94. The molecule has 2 rings (SSSR count). The Kier molecular flexibility index (Phi) is 2.50. The summed E-state index contributed by atoms with van der Waals surface area (Å²) in [5.74, 6) is 1.03. The molecule has 13 heavy (non-hydrogen) atoms. The van der Waals surface area contributed by atoms with E-state index in [4.69, 9.17) is 11.6 Å². The average molecular weight is 202 g/mol. The molecule has 0 aliphatic heterocycles. The number of alkyl halides is 1. The maximum Gasteiger partial charge on any atom is 0.237 e. The molecule has 74 valence electrons. The van der Waals surface area contributed by atoms with E-state index < -0.39 is 0 Å². The molecule has 0 aromatic rings. The predicted molar refractivity (Wildman–Crippen MR) is 52.8 cm³/mol. The topological polar surface area (TPSA) is 20.3 Å². The maximum absolute atomic E-state index is 11.6. The van der Waals surface area contributed by atoms with Gasteiger partial charge >= 0.3 is 0 Å². The second-order valence-corrected chi connectivity index (χ2v) is 4.51. The average Bonchev–Trinajstić information content (AvgIpc) is 2.96. The summed E-state index contributed by atoms with van der Waals surface area (Å²) in [5.41, 5.74) is 0. The molecule has 0 aromatic heterocycles. The highest BCUT2D eigenvalue weighted by atomic mass is 35.5. The molecule has 2 aliphatic carbocycles. The highest BCUT2D eigenvalue weighted by Gasteiger charge is 2.41. The van der Waals surface area contributed by atoms with E-state index in [1.54, 1.807) is 0 Å². The van der Waals surface area contributed by atoms with Crippen LogP contribution < -0.4 is 0 Å². The zero-order valence-corrected chi connectivity index (χ0v) is 8.76. The second-order valence-electron chi connectivity index (χ2n) is 4.24. The molecule has 2 fully saturated rings. The zero-order valence-electron chi connectivity index (χ0n) is 8.00. The molecule has 2 aliphatic rings. The van der Waals surface area contributed by atoms with E-state index in [0.29, 0.717) is 12.1 Å². The number of carbonyl (C=O) groups is 1. The summed E-state index contributed by atoms with van der Waals surface area (Å²) < 4.78 is 0. The molecular formula is C10H16ClNO. The first-order chi connectivity index (χ1) is 6.24. The Balaban J connectivity index is 1.98. The Hall–Kier alpha value is -0.240. The van der Waals surface area contributed by atoms with Crippen LogP contribution in [-0.4, -0.2) is 28.8 Å². The maximum atomic E-state index is 11.6. The normalized spacial score (nSPS) is 24.2. The van der Waals surface area contributed by atoms with Crippen molar-refractivity contribution in [1.82, 2.24) is 4.90 Å². The minimum atomic E-state index is 0.128. The number of hydrogen-bond donors (Lipinski definition) is 0. The van der Waals surface area contributed by atoms with E-state index >= 15 is 0 Å². The van der Waals surface area contributed by atoms with Gasteiger partial charge in [0.15, 0.2) is 0 Å². The Morgan fingerprint density at radius 2 is 2.08 bits per heavy atom.